The second-order valence-electron chi connectivity index (χ2n) is 13.9. The molecule has 3 aliphatic heterocycles. The lowest BCUT2D eigenvalue weighted by molar-refractivity contribution is -0.142. The van der Waals surface area contributed by atoms with Gasteiger partial charge in [-0.3, -0.25) is 9.59 Å². The average molecular weight is 658 g/mol. The molecule has 4 fully saturated rings. The number of benzene rings is 2. The maximum Gasteiger partial charge on any atom is 0.416 e. The number of methoxy groups -OCH3 is 2. The fraction of sp³-hybridized carbons (Fsp3) is 0.611. The van der Waals surface area contributed by atoms with E-state index in [0.29, 0.717) is 63.8 Å². The van der Waals surface area contributed by atoms with Crippen LogP contribution in [0.4, 0.5) is 18.9 Å². The number of carbonyl (C=O) groups is 2. The minimum atomic E-state index is -4.51. The number of carboxylic acids is 1. The molecule has 1 saturated carbocycles. The summed E-state index contributed by atoms with van der Waals surface area (Å²) in [6, 6.07) is 11.9. The number of carbonyl (C=O) groups excluding carboxylic acids is 1. The molecule has 0 unspecified atom stereocenters. The van der Waals surface area contributed by atoms with E-state index in [4.69, 9.17) is 9.47 Å². The van der Waals surface area contributed by atoms with E-state index >= 15 is 0 Å². The first-order valence-corrected chi connectivity index (χ1v) is 16.9. The van der Waals surface area contributed by atoms with Gasteiger partial charge in [-0.1, -0.05) is 24.6 Å². The summed E-state index contributed by atoms with van der Waals surface area (Å²) in [6.07, 6.45) is -0.0411. The van der Waals surface area contributed by atoms with Gasteiger partial charge in [0.25, 0.3) is 0 Å². The highest BCUT2D eigenvalue weighted by molar-refractivity contribution is 5.81. The molecule has 1 N–H and O–H groups in total. The van der Waals surface area contributed by atoms with E-state index in [2.05, 4.69) is 17.0 Å². The van der Waals surface area contributed by atoms with Crippen LogP contribution in [-0.4, -0.2) is 93.4 Å². The number of hydrogen-bond donors (Lipinski definition) is 1. The Labute approximate surface area is 274 Å². The number of hydrogen-bond acceptors (Lipinski definition) is 6. The molecule has 4 aliphatic rings. The first-order chi connectivity index (χ1) is 22.5. The maximum atomic E-state index is 14.5. The predicted octanol–water partition coefficient (Wildman–Crippen LogP) is 5.72. The van der Waals surface area contributed by atoms with Crippen molar-refractivity contribution in [2.45, 2.75) is 50.1 Å². The maximum absolute atomic E-state index is 14.5. The molecule has 2 aromatic rings. The van der Waals surface area contributed by atoms with Gasteiger partial charge in [-0.2, -0.15) is 13.2 Å². The van der Waals surface area contributed by atoms with Crippen LogP contribution in [0.5, 0.6) is 5.75 Å². The van der Waals surface area contributed by atoms with Gasteiger partial charge >= 0.3 is 12.1 Å². The molecule has 1 aliphatic carbocycles. The molecule has 3 saturated heterocycles. The highest BCUT2D eigenvalue weighted by Crippen LogP contribution is 2.44. The van der Waals surface area contributed by atoms with Gasteiger partial charge in [0.15, 0.2) is 0 Å². The van der Waals surface area contributed by atoms with Crippen molar-refractivity contribution in [1.82, 2.24) is 9.80 Å². The van der Waals surface area contributed by atoms with Crippen molar-refractivity contribution in [1.29, 1.82) is 0 Å². The Morgan fingerprint density at radius 1 is 0.915 bits per heavy atom. The topological polar surface area (TPSA) is 82.6 Å². The Morgan fingerprint density at radius 2 is 1.64 bits per heavy atom. The van der Waals surface area contributed by atoms with Crippen LogP contribution >= 0.6 is 0 Å². The van der Waals surface area contributed by atoms with Crippen LogP contribution in [0.1, 0.15) is 60.6 Å². The van der Waals surface area contributed by atoms with Crippen molar-refractivity contribution < 1.29 is 37.3 Å². The lowest BCUT2D eigenvalue weighted by Crippen LogP contribution is -2.38. The van der Waals surface area contributed by atoms with Gasteiger partial charge in [0.1, 0.15) is 5.75 Å². The Balaban J connectivity index is 1.27. The van der Waals surface area contributed by atoms with Crippen molar-refractivity contribution in [3.05, 3.63) is 59.2 Å². The van der Waals surface area contributed by atoms with Gasteiger partial charge in [0.2, 0.25) is 5.91 Å². The third-order valence-corrected chi connectivity index (χ3v) is 11.1. The summed E-state index contributed by atoms with van der Waals surface area (Å²) < 4.78 is 52.8. The molecule has 8 nitrogen and oxygen atoms in total. The van der Waals surface area contributed by atoms with Crippen molar-refractivity contribution in [3.63, 3.8) is 0 Å². The molecule has 4 atom stereocenters. The largest absolute Gasteiger partial charge is 0.497 e. The number of likely N-dealkylation sites (tertiary alicyclic amines) is 2. The quantitative estimate of drug-likeness (QED) is 0.350. The predicted molar refractivity (Wildman–Crippen MR) is 172 cm³/mol. The van der Waals surface area contributed by atoms with Gasteiger partial charge in [-0.15, -0.1) is 0 Å². The molecule has 11 heteroatoms. The Bertz CT molecular complexity index is 1410. The normalized spacial score (nSPS) is 26.1. The number of nitrogens with zero attached hydrogens (tertiary/aromatic N) is 3. The summed E-state index contributed by atoms with van der Waals surface area (Å²) in [4.78, 5) is 32.3. The monoisotopic (exact) mass is 657 g/mol. The number of ether oxygens (including phenoxy) is 2. The zero-order valence-electron chi connectivity index (χ0n) is 27.3. The zero-order valence-corrected chi connectivity index (χ0v) is 27.3. The molecule has 256 valence electrons. The molecule has 2 aromatic carbocycles. The van der Waals surface area contributed by atoms with Crippen LogP contribution in [-0.2, 0) is 20.5 Å². The van der Waals surface area contributed by atoms with Crippen molar-refractivity contribution in [2.75, 3.05) is 71.5 Å². The molecule has 0 spiro atoms. The first kappa shape index (κ1) is 33.6. The summed E-state index contributed by atoms with van der Waals surface area (Å²) >= 11 is 0. The average Bonchev–Trinajstić information content (AvgIpc) is 3.67. The second-order valence-corrected chi connectivity index (χ2v) is 13.9. The first-order valence-electron chi connectivity index (χ1n) is 16.9. The molecule has 47 heavy (non-hydrogen) atoms. The van der Waals surface area contributed by atoms with Crippen molar-refractivity contribution in [2.24, 2.45) is 23.7 Å². The van der Waals surface area contributed by atoms with Crippen LogP contribution in [0, 0.1) is 23.7 Å². The van der Waals surface area contributed by atoms with E-state index in [9.17, 15) is 27.9 Å². The van der Waals surface area contributed by atoms with Crippen LogP contribution in [0.2, 0.25) is 0 Å². The standard InChI is InChI=1S/C36H46F3N3O5/c1-46-22-26-18-42(34(43)32-20-40(17-23-4-3-5-23)19-30(32)24-6-9-28(47-2)10-7-24)21-31(26)29-11-8-27(36(37,38)39)16-33(29)41-14-12-25(13-15-41)35(44)45/h6-11,16,23,25-26,30-32H,3-5,12-15,17-22H2,1-2H3,(H,44,45)/t26-,30+,31+,32-/m1/s1. The van der Waals surface area contributed by atoms with Gasteiger partial charge in [-0.25, -0.2) is 0 Å². The molecule has 0 aromatic heterocycles. The van der Waals surface area contributed by atoms with E-state index in [1.165, 1.54) is 25.3 Å². The van der Waals surface area contributed by atoms with Crippen molar-refractivity contribution in [3.8, 4) is 5.75 Å². The van der Waals surface area contributed by atoms with E-state index in [1.807, 2.05) is 21.9 Å². The highest BCUT2D eigenvalue weighted by atomic mass is 19.4. The van der Waals surface area contributed by atoms with Crippen LogP contribution in [0.25, 0.3) is 0 Å². The summed E-state index contributed by atoms with van der Waals surface area (Å²) in [5.41, 5.74) is 1.62. The molecule has 0 radical (unpaired) electrons. The van der Waals surface area contributed by atoms with E-state index in [-0.39, 0.29) is 29.6 Å². The third-order valence-electron chi connectivity index (χ3n) is 11.1. The Morgan fingerprint density at radius 3 is 2.23 bits per heavy atom. The number of anilines is 1. The number of halogens is 3. The molecular weight excluding hydrogens is 611 g/mol. The molecule has 1 amide bonds. The SMILES string of the molecule is COC[C@H]1CN(C(=O)[C@@H]2CN(CC3CCC3)C[C@H]2c2ccc(OC)cc2)C[C@@H]1c1ccc(C(F)(F)F)cc1N1CCC(C(=O)O)CC1. The smallest absolute Gasteiger partial charge is 0.416 e. The van der Waals surface area contributed by atoms with Crippen LogP contribution in [0.3, 0.4) is 0 Å². The Kier molecular flexibility index (Phi) is 10.0. The zero-order chi connectivity index (χ0) is 33.3. The summed E-state index contributed by atoms with van der Waals surface area (Å²) in [6.45, 7) is 4.45. The number of piperidine rings is 1. The van der Waals surface area contributed by atoms with Gasteiger partial charge in [0, 0.05) is 76.4 Å². The van der Waals surface area contributed by atoms with E-state index in [1.54, 1.807) is 20.3 Å². The van der Waals surface area contributed by atoms with Gasteiger partial charge in [0.05, 0.1) is 31.1 Å². The third kappa shape index (κ3) is 7.26. The minimum Gasteiger partial charge on any atom is -0.497 e. The van der Waals surface area contributed by atoms with Crippen LogP contribution in [0.15, 0.2) is 42.5 Å². The summed E-state index contributed by atoms with van der Waals surface area (Å²) in [7, 11) is 3.25. The fourth-order valence-electron chi connectivity index (χ4n) is 8.21. The molecular formula is C36H46F3N3O5. The van der Waals surface area contributed by atoms with Crippen molar-refractivity contribution >= 4 is 17.6 Å². The summed E-state index contributed by atoms with van der Waals surface area (Å²) in [5, 5.41) is 9.50. The summed E-state index contributed by atoms with van der Waals surface area (Å²) in [5.74, 6) is -0.352. The second kappa shape index (κ2) is 14.0. The minimum absolute atomic E-state index is 0.0329. The lowest BCUT2D eigenvalue weighted by Gasteiger charge is -2.35. The lowest BCUT2D eigenvalue weighted by atomic mass is 9.85. The van der Waals surface area contributed by atoms with E-state index in [0.717, 1.165) is 36.0 Å². The Hall–Kier alpha value is -3.31. The number of aliphatic carboxylic acids is 1. The molecule has 3 heterocycles. The molecule has 6 rings (SSSR count). The fourth-order valence-corrected chi connectivity index (χ4v) is 8.21. The number of amides is 1. The van der Waals surface area contributed by atoms with Gasteiger partial charge in [-0.05, 0) is 67.0 Å². The number of alkyl halides is 3. The van der Waals surface area contributed by atoms with Crippen LogP contribution < -0.4 is 9.64 Å². The highest BCUT2D eigenvalue weighted by Gasteiger charge is 2.46. The van der Waals surface area contributed by atoms with Gasteiger partial charge < -0.3 is 29.3 Å². The molecule has 0 bridgehead atoms. The van der Waals surface area contributed by atoms with E-state index < -0.39 is 23.6 Å². The number of rotatable bonds is 10. The number of carboxylic acid groups (broad SMARTS) is 1.